The minimum Gasteiger partial charge on any atom is -0.483 e. The second-order valence-electron chi connectivity index (χ2n) is 9.11. The molecule has 3 aliphatic rings. The van der Waals surface area contributed by atoms with Gasteiger partial charge in [-0.15, -0.1) is 20.1 Å². The molecular weight excluding hydrogens is 506 g/mol. The zero-order valence-electron chi connectivity index (χ0n) is 19.7. The lowest BCUT2D eigenvalue weighted by Gasteiger charge is -2.32. The van der Waals surface area contributed by atoms with Crippen LogP contribution in [0.1, 0.15) is 65.0 Å². The summed E-state index contributed by atoms with van der Waals surface area (Å²) >= 11 is 1.30. The zero-order chi connectivity index (χ0) is 25.8. The van der Waals surface area contributed by atoms with Crippen molar-refractivity contribution < 1.29 is 37.3 Å². The molecule has 2 atom stereocenters. The molecule has 1 N–H and O–H groups in total. The topological polar surface area (TPSA) is 96.0 Å². The van der Waals surface area contributed by atoms with Crippen LogP contribution in [-0.4, -0.2) is 29.8 Å². The summed E-state index contributed by atoms with van der Waals surface area (Å²) in [5.74, 6) is -0.226. The molecule has 3 heterocycles. The molecule has 3 aromatic rings. The van der Waals surface area contributed by atoms with Crippen LogP contribution in [0.25, 0.3) is 0 Å². The van der Waals surface area contributed by atoms with E-state index >= 15 is 0 Å². The van der Waals surface area contributed by atoms with E-state index in [0.717, 1.165) is 5.56 Å². The number of nitrogens with one attached hydrogen (secondary N) is 1. The van der Waals surface area contributed by atoms with Crippen molar-refractivity contribution in [3.05, 3.63) is 69.7 Å². The van der Waals surface area contributed by atoms with E-state index in [-0.39, 0.29) is 35.7 Å². The molecule has 0 bridgehead atoms. The number of rotatable bonds is 6. The monoisotopic (exact) mass is 528 g/mol. The van der Waals surface area contributed by atoms with Gasteiger partial charge in [-0.25, -0.2) is 9.78 Å². The van der Waals surface area contributed by atoms with Crippen LogP contribution in [0.2, 0.25) is 0 Å². The predicted molar refractivity (Wildman–Crippen MR) is 127 cm³/mol. The van der Waals surface area contributed by atoms with Crippen LogP contribution in [0.3, 0.4) is 0 Å². The van der Waals surface area contributed by atoms with Crippen LogP contribution in [0.5, 0.6) is 17.2 Å². The molecule has 6 rings (SSSR count). The fourth-order valence-corrected chi connectivity index (χ4v) is 5.58. The van der Waals surface area contributed by atoms with E-state index in [1.54, 1.807) is 18.4 Å². The highest BCUT2D eigenvalue weighted by molar-refractivity contribution is 7.09. The molecule has 1 aliphatic carbocycles. The molecule has 2 aromatic carbocycles. The summed E-state index contributed by atoms with van der Waals surface area (Å²) in [6.45, 7) is 1.98. The van der Waals surface area contributed by atoms with Crippen molar-refractivity contribution in [2.24, 2.45) is 0 Å². The van der Waals surface area contributed by atoms with Crippen LogP contribution in [0.4, 0.5) is 8.78 Å². The van der Waals surface area contributed by atoms with E-state index in [9.17, 15) is 18.4 Å². The van der Waals surface area contributed by atoms with Gasteiger partial charge in [0.15, 0.2) is 23.3 Å². The maximum atomic E-state index is 13.6. The van der Waals surface area contributed by atoms with Gasteiger partial charge in [0.25, 0.3) is 0 Å². The summed E-state index contributed by atoms with van der Waals surface area (Å²) in [6, 6.07) is 11.5. The molecule has 1 fully saturated rings. The Kier molecular flexibility index (Phi) is 5.55. The van der Waals surface area contributed by atoms with Gasteiger partial charge in [-0.3, -0.25) is 4.79 Å². The third-order valence-corrected chi connectivity index (χ3v) is 7.68. The molecule has 11 heteroatoms. The number of aromatic nitrogens is 1. The van der Waals surface area contributed by atoms with Crippen LogP contribution in [0, 0.1) is 0 Å². The smallest absolute Gasteiger partial charge is 0.483 e. The second kappa shape index (κ2) is 8.69. The average Bonchev–Trinajstić information content (AvgIpc) is 3.42. The normalized spacial score (nSPS) is 21.9. The Balaban J connectivity index is 1.24. The van der Waals surface area contributed by atoms with Gasteiger partial charge in [0, 0.05) is 17.4 Å². The predicted octanol–water partition coefficient (Wildman–Crippen LogP) is 5.05. The van der Waals surface area contributed by atoms with Crippen molar-refractivity contribution in [2.45, 2.75) is 50.0 Å². The molecule has 2 aliphatic heterocycles. The summed E-state index contributed by atoms with van der Waals surface area (Å²) in [5.41, 5.74) is 0.809. The number of benzene rings is 2. The first-order valence-electron chi connectivity index (χ1n) is 11.9. The molecule has 0 spiro atoms. The van der Waals surface area contributed by atoms with Crippen LogP contribution < -0.4 is 19.5 Å². The molecule has 0 radical (unpaired) electrons. The SMILES string of the molecule is CCOC(=O)c1csc([C@H]2C[C@@H](NC(=O)C3(c4ccc5c(c4)OC(F)(F)O5)CC3)c3ccccc3O2)n1. The number of halogens is 2. The Hall–Kier alpha value is -3.73. The first kappa shape index (κ1) is 23.7. The summed E-state index contributed by atoms with van der Waals surface area (Å²) in [6.07, 6.45) is -2.63. The quantitative estimate of drug-likeness (QED) is 0.447. The summed E-state index contributed by atoms with van der Waals surface area (Å²) in [5, 5.41) is 5.39. The Morgan fingerprint density at radius 1 is 1.14 bits per heavy atom. The number of carbonyl (C=O) groups excluding carboxylic acids is 2. The average molecular weight is 529 g/mol. The Morgan fingerprint density at radius 3 is 2.70 bits per heavy atom. The third-order valence-electron chi connectivity index (χ3n) is 6.74. The van der Waals surface area contributed by atoms with Crippen LogP contribution in [0.15, 0.2) is 47.8 Å². The van der Waals surface area contributed by atoms with E-state index in [1.807, 2.05) is 24.3 Å². The minimum absolute atomic E-state index is 0.0585. The third kappa shape index (κ3) is 4.26. The lowest BCUT2D eigenvalue weighted by Crippen LogP contribution is -2.39. The molecule has 0 unspecified atom stereocenters. The zero-order valence-corrected chi connectivity index (χ0v) is 20.5. The standard InChI is InChI=1S/C26H22F2N2O6S/c1-2-33-23(31)17-13-37-22(29-17)21-12-16(15-5-3-4-6-18(15)34-21)30-24(32)25(9-10-25)14-7-8-19-20(11-14)36-26(27,28)35-19/h3-8,11,13,16,21H,2,9-10,12H2,1H3,(H,30,32)/t16-,21-/m1/s1. The van der Waals surface area contributed by atoms with Gasteiger partial charge >= 0.3 is 12.3 Å². The van der Waals surface area contributed by atoms with E-state index in [0.29, 0.717) is 35.6 Å². The highest BCUT2D eigenvalue weighted by Crippen LogP contribution is 2.52. The van der Waals surface area contributed by atoms with Crippen molar-refractivity contribution >= 4 is 23.2 Å². The molecular formula is C26H22F2N2O6S. The lowest BCUT2D eigenvalue weighted by atomic mass is 9.91. The second-order valence-corrected chi connectivity index (χ2v) is 10.00. The molecule has 0 saturated heterocycles. The Bertz CT molecular complexity index is 1390. The summed E-state index contributed by atoms with van der Waals surface area (Å²) in [7, 11) is 0. The van der Waals surface area contributed by atoms with E-state index < -0.39 is 23.8 Å². The summed E-state index contributed by atoms with van der Waals surface area (Å²) in [4.78, 5) is 30.1. The number of amides is 1. The molecule has 1 aromatic heterocycles. The maximum absolute atomic E-state index is 13.6. The van der Waals surface area contributed by atoms with Gasteiger partial charge in [0.05, 0.1) is 18.1 Å². The van der Waals surface area contributed by atoms with Crippen LogP contribution in [-0.2, 0) is 14.9 Å². The van der Waals surface area contributed by atoms with Gasteiger partial charge < -0.3 is 24.3 Å². The number of ether oxygens (including phenoxy) is 4. The van der Waals surface area contributed by atoms with Gasteiger partial charge in [-0.2, -0.15) is 0 Å². The first-order valence-corrected chi connectivity index (χ1v) is 12.8. The molecule has 37 heavy (non-hydrogen) atoms. The van der Waals surface area contributed by atoms with Gasteiger partial charge in [-0.05, 0) is 43.5 Å². The largest absolute Gasteiger partial charge is 0.586 e. The number of esters is 1. The van der Waals surface area contributed by atoms with Crippen molar-refractivity contribution in [1.29, 1.82) is 0 Å². The van der Waals surface area contributed by atoms with Gasteiger partial charge in [0.2, 0.25) is 5.91 Å². The lowest BCUT2D eigenvalue weighted by molar-refractivity contribution is -0.286. The number of hydrogen-bond donors (Lipinski definition) is 1. The first-order chi connectivity index (χ1) is 17.8. The Morgan fingerprint density at radius 2 is 1.92 bits per heavy atom. The number of hydrogen-bond acceptors (Lipinski definition) is 8. The minimum atomic E-state index is -3.72. The van der Waals surface area contributed by atoms with Gasteiger partial charge in [-0.1, -0.05) is 24.3 Å². The summed E-state index contributed by atoms with van der Waals surface area (Å²) < 4.78 is 47.3. The van der Waals surface area contributed by atoms with Gasteiger partial charge in [0.1, 0.15) is 10.8 Å². The number of fused-ring (bicyclic) bond motifs is 2. The number of alkyl halides is 2. The van der Waals surface area contributed by atoms with Crippen molar-refractivity contribution in [2.75, 3.05) is 6.61 Å². The fourth-order valence-electron chi connectivity index (χ4n) is 4.76. The maximum Gasteiger partial charge on any atom is 0.586 e. The number of thiazole rings is 1. The molecule has 192 valence electrons. The number of carbonyl (C=O) groups is 2. The number of para-hydroxylation sites is 1. The van der Waals surface area contributed by atoms with Crippen LogP contribution >= 0.6 is 11.3 Å². The highest BCUT2D eigenvalue weighted by atomic mass is 32.1. The van der Waals surface area contributed by atoms with E-state index in [2.05, 4.69) is 19.8 Å². The number of nitrogens with zero attached hydrogens (tertiary/aromatic N) is 1. The van der Waals surface area contributed by atoms with E-state index in [1.165, 1.54) is 23.5 Å². The molecule has 1 amide bonds. The molecule has 1 saturated carbocycles. The van der Waals surface area contributed by atoms with E-state index in [4.69, 9.17) is 9.47 Å². The fraction of sp³-hybridized carbons (Fsp3) is 0.346. The van der Waals surface area contributed by atoms with Crippen molar-refractivity contribution in [3.8, 4) is 17.2 Å². The molecule has 8 nitrogen and oxygen atoms in total. The van der Waals surface area contributed by atoms with Crippen molar-refractivity contribution in [3.63, 3.8) is 0 Å². The highest BCUT2D eigenvalue weighted by Gasteiger charge is 2.53. The Labute approximate surface area is 214 Å². The van der Waals surface area contributed by atoms with Crippen molar-refractivity contribution in [1.82, 2.24) is 10.3 Å².